The van der Waals surface area contributed by atoms with Crippen LogP contribution in [0.1, 0.15) is 92.4 Å². The summed E-state index contributed by atoms with van der Waals surface area (Å²) in [6, 6.07) is 0. The molecule has 12 atom stereocenters. The summed E-state index contributed by atoms with van der Waals surface area (Å²) in [5.41, 5.74) is -0.563. The molecule has 0 aromatic rings. The van der Waals surface area contributed by atoms with Gasteiger partial charge in [0.1, 0.15) is 12.2 Å². The maximum Gasteiger partial charge on any atom is 0.338 e. The molecule has 36 heavy (non-hydrogen) atoms. The van der Waals surface area contributed by atoms with Crippen LogP contribution in [0.4, 0.5) is 0 Å². The standard InChI is InChI=1S/C30H44O6/c1-16(31)35-25-13-18(32)12-17-6-7-19-21-8-9-22(28(21,3)11-10-23(19)29(17,25)4)20-14-27(2)15-24(20)36-26(33)30(27,5)34/h6,18-25,32,34H,7-15H2,1-5H3/t18-,19+,20+,21+,22-,23+,24-,25+,27-,28+,29+,30-/m1/s1. The Balaban J connectivity index is 1.29. The first-order valence-corrected chi connectivity index (χ1v) is 14.3. The van der Waals surface area contributed by atoms with E-state index in [1.165, 1.54) is 18.9 Å². The van der Waals surface area contributed by atoms with Crippen LogP contribution in [0.15, 0.2) is 11.6 Å². The third kappa shape index (κ3) is 3.15. The largest absolute Gasteiger partial charge is 0.462 e. The third-order valence-electron chi connectivity index (χ3n) is 12.7. The zero-order chi connectivity index (χ0) is 25.8. The van der Waals surface area contributed by atoms with E-state index >= 15 is 0 Å². The fraction of sp³-hybridized carbons (Fsp3) is 0.867. The van der Waals surface area contributed by atoms with Crippen molar-refractivity contribution in [3.8, 4) is 0 Å². The number of fused-ring (bicyclic) bond motifs is 7. The van der Waals surface area contributed by atoms with Gasteiger partial charge in [-0.05, 0) is 93.3 Å². The number of aliphatic hydroxyl groups excluding tert-OH is 1. The highest BCUT2D eigenvalue weighted by molar-refractivity contribution is 5.81. The van der Waals surface area contributed by atoms with Gasteiger partial charge in [0.05, 0.1) is 6.10 Å². The molecule has 6 nitrogen and oxygen atoms in total. The van der Waals surface area contributed by atoms with E-state index in [4.69, 9.17) is 9.47 Å². The number of esters is 2. The number of hydrogen-bond donors (Lipinski definition) is 2. The number of hydrogen-bond acceptors (Lipinski definition) is 6. The fourth-order valence-electron chi connectivity index (χ4n) is 10.5. The summed E-state index contributed by atoms with van der Waals surface area (Å²) in [6.45, 7) is 9.99. The Morgan fingerprint density at radius 3 is 2.44 bits per heavy atom. The lowest BCUT2D eigenvalue weighted by Crippen LogP contribution is -2.56. The van der Waals surface area contributed by atoms with E-state index in [0.717, 1.165) is 38.5 Å². The van der Waals surface area contributed by atoms with Crippen LogP contribution in [0.3, 0.4) is 0 Å². The molecule has 5 aliphatic carbocycles. The zero-order valence-corrected chi connectivity index (χ0v) is 22.6. The summed E-state index contributed by atoms with van der Waals surface area (Å²) in [7, 11) is 0. The van der Waals surface area contributed by atoms with Crippen molar-refractivity contribution in [3.63, 3.8) is 0 Å². The molecule has 1 heterocycles. The van der Waals surface area contributed by atoms with E-state index in [-0.39, 0.29) is 29.0 Å². The molecular formula is C30H44O6. The summed E-state index contributed by atoms with van der Waals surface area (Å²) in [6.07, 6.45) is 10.0. The molecule has 0 aromatic heterocycles. The smallest absolute Gasteiger partial charge is 0.338 e. The lowest BCUT2D eigenvalue weighted by atomic mass is 9.46. The lowest BCUT2D eigenvalue weighted by Gasteiger charge is -2.60. The average molecular weight is 501 g/mol. The molecule has 6 rings (SSSR count). The van der Waals surface area contributed by atoms with Gasteiger partial charge in [0.25, 0.3) is 0 Å². The van der Waals surface area contributed by atoms with Crippen LogP contribution < -0.4 is 0 Å². The molecule has 200 valence electrons. The van der Waals surface area contributed by atoms with E-state index in [1.807, 2.05) is 0 Å². The van der Waals surface area contributed by atoms with Gasteiger partial charge in [0, 0.05) is 24.2 Å². The van der Waals surface area contributed by atoms with Crippen LogP contribution in [-0.2, 0) is 19.1 Å². The first-order valence-electron chi connectivity index (χ1n) is 14.3. The van der Waals surface area contributed by atoms with Crippen molar-refractivity contribution >= 4 is 11.9 Å². The molecule has 1 saturated heterocycles. The van der Waals surface area contributed by atoms with Gasteiger partial charge in [-0.3, -0.25) is 4.79 Å². The number of carbonyl (C=O) groups is 2. The van der Waals surface area contributed by atoms with Gasteiger partial charge < -0.3 is 19.7 Å². The SMILES string of the molecule is CC(=O)O[C@H]1C[C@H](O)CC2=CC[C@H]3[C@@H]4CC[C@H]([C@@H]5C[C@]6(C)C[C@H]5OC(=O)[C@@]6(C)O)[C@@]4(C)CC[C@@H]3[C@]21C. The molecule has 0 aromatic carbocycles. The van der Waals surface area contributed by atoms with Crippen molar-refractivity contribution in [3.05, 3.63) is 11.6 Å². The van der Waals surface area contributed by atoms with E-state index in [0.29, 0.717) is 42.4 Å². The van der Waals surface area contributed by atoms with Crippen molar-refractivity contribution in [1.29, 1.82) is 0 Å². The number of aliphatic hydroxyl groups is 2. The first kappa shape index (κ1) is 24.9. The van der Waals surface area contributed by atoms with Gasteiger partial charge in [-0.15, -0.1) is 0 Å². The topological polar surface area (TPSA) is 93.1 Å². The Labute approximate surface area is 215 Å². The van der Waals surface area contributed by atoms with E-state index in [1.54, 1.807) is 6.92 Å². The number of rotatable bonds is 2. The minimum absolute atomic E-state index is 0.0791. The van der Waals surface area contributed by atoms with Gasteiger partial charge in [0.2, 0.25) is 0 Å². The first-order chi connectivity index (χ1) is 16.8. The minimum Gasteiger partial charge on any atom is -0.462 e. The van der Waals surface area contributed by atoms with E-state index < -0.39 is 23.1 Å². The number of ether oxygens (including phenoxy) is 2. The Morgan fingerprint density at radius 2 is 1.75 bits per heavy atom. The predicted octanol–water partition coefficient (Wildman–Crippen LogP) is 4.56. The second-order valence-electron chi connectivity index (χ2n) is 14.2. The summed E-state index contributed by atoms with van der Waals surface area (Å²) in [4.78, 5) is 24.7. The van der Waals surface area contributed by atoms with Crippen LogP contribution in [-0.4, -0.2) is 46.1 Å². The Hall–Kier alpha value is -1.40. The van der Waals surface area contributed by atoms with Crippen molar-refractivity contribution < 1.29 is 29.3 Å². The summed E-state index contributed by atoms with van der Waals surface area (Å²) in [5.74, 6) is 1.68. The molecular weight excluding hydrogens is 456 g/mol. The molecule has 0 unspecified atom stereocenters. The quantitative estimate of drug-likeness (QED) is 0.427. The normalized spacial score (nSPS) is 55.6. The van der Waals surface area contributed by atoms with Crippen LogP contribution in [0.25, 0.3) is 0 Å². The molecule has 1 aliphatic heterocycles. The maximum atomic E-state index is 12.7. The van der Waals surface area contributed by atoms with Gasteiger partial charge in [0.15, 0.2) is 5.60 Å². The van der Waals surface area contributed by atoms with Gasteiger partial charge in [-0.25, -0.2) is 4.79 Å². The minimum atomic E-state index is -1.41. The monoisotopic (exact) mass is 500 g/mol. The molecule has 6 heteroatoms. The molecule has 0 amide bonds. The highest BCUT2D eigenvalue weighted by Crippen LogP contribution is 2.70. The van der Waals surface area contributed by atoms with Crippen molar-refractivity contribution in [2.45, 2.75) is 116 Å². The van der Waals surface area contributed by atoms with Gasteiger partial charge in [-0.1, -0.05) is 32.4 Å². The summed E-state index contributed by atoms with van der Waals surface area (Å²) < 4.78 is 11.8. The van der Waals surface area contributed by atoms with Crippen LogP contribution in [0, 0.1) is 45.8 Å². The molecule has 0 radical (unpaired) electrons. The molecule has 6 aliphatic rings. The van der Waals surface area contributed by atoms with Crippen molar-refractivity contribution in [1.82, 2.24) is 0 Å². The Kier molecular flexibility index (Phi) is 5.41. The molecule has 2 N–H and O–H groups in total. The van der Waals surface area contributed by atoms with Crippen molar-refractivity contribution in [2.75, 3.05) is 0 Å². The summed E-state index contributed by atoms with van der Waals surface area (Å²) >= 11 is 0. The average Bonchev–Trinajstić information content (AvgIpc) is 3.29. The van der Waals surface area contributed by atoms with Crippen molar-refractivity contribution in [2.24, 2.45) is 45.8 Å². The molecule has 0 spiro atoms. The second kappa shape index (κ2) is 7.81. The lowest BCUT2D eigenvalue weighted by molar-refractivity contribution is -0.194. The molecule has 5 fully saturated rings. The number of allylic oxidation sites excluding steroid dienone is 1. The second-order valence-corrected chi connectivity index (χ2v) is 14.2. The number of carbonyl (C=O) groups excluding carboxylic acids is 2. The Bertz CT molecular complexity index is 1000. The van der Waals surface area contributed by atoms with Crippen LogP contribution in [0.2, 0.25) is 0 Å². The van der Waals surface area contributed by atoms with Crippen LogP contribution >= 0.6 is 0 Å². The van der Waals surface area contributed by atoms with E-state index in [9.17, 15) is 19.8 Å². The Morgan fingerprint density at radius 1 is 1.06 bits per heavy atom. The highest BCUT2D eigenvalue weighted by Gasteiger charge is 2.67. The third-order valence-corrected chi connectivity index (χ3v) is 12.7. The zero-order valence-electron chi connectivity index (χ0n) is 22.6. The predicted molar refractivity (Wildman–Crippen MR) is 133 cm³/mol. The highest BCUT2D eigenvalue weighted by atomic mass is 16.6. The fourth-order valence-corrected chi connectivity index (χ4v) is 10.5. The molecule has 4 saturated carbocycles. The summed E-state index contributed by atoms with van der Waals surface area (Å²) in [5, 5.41) is 21.6. The van der Waals surface area contributed by atoms with Gasteiger partial charge >= 0.3 is 11.9 Å². The molecule has 2 bridgehead atoms. The van der Waals surface area contributed by atoms with Gasteiger partial charge in [-0.2, -0.15) is 0 Å². The van der Waals surface area contributed by atoms with Crippen LogP contribution in [0.5, 0.6) is 0 Å². The maximum absolute atomic E-state index is 12.7. The van der Waals surface area contributed by atoms with E-state index in [2.05, 4.69) is 26.8 Å².